The molecule has 1 heterocycles. The third kappa shape index (κ3) is 2.09. The Morgan fingerprint density at radius 1 is 1.53 bits per heavy atom. The zero-order chi connectivity index (χ0) is 12.6. The quantitative estimate of drug-likeness (QED) is 0.907. The van der Waals surface area contributed by atoms with Gasteiger partial charge in [-0.1, -0.05) is 24.9 Å². The molecule has 92 valence electrons. The van der Waals surface area contributed by atoms with Crippen LogP contribution in [0.2, 0.25) is 5.02 Å². The van der Waals surface area contributed by atoms with Gasteiger partial charge >= 0.3 is 0 Å². The summed E-state index contributed by atoms with van der Waals surface area (Å²) in [6, 6.07) is 3.11. The number of aromatic nitrogens is 2. The molecule has 0 radical (unpaired) electrons. The summed E-state index contributed by atoms with van der Waals surface area (Å²) >= 11 is 5.72. The number of fused-ring (bicyclic) bond motifs is 1. The van der Waals surface area contributed by atoms with Crippen molar-refractivity contribution in [2.24, 2.45) is 0 Å². The van der Waals surface area contributed by atoms with Gasteiger partial charge in [-0.15, -0.1) is 0 Å². The van der Waals surface area contributed by atoms with E-state index in [-0.39, 0.29) is 11.1 Å². The van der Waals surface area contributed by atoms with Crippen molar-refractivity contribution in [3.63, 3.8) is 0 Å². The van der Waals surface area contributed by atoms with Gasteiger partial charge in [-0.25, -0.2) is 9.37 Å². The smallest absolute Gasteiger partial charge is 0.201 e. The van der Waals surface area contributed by atoms with Crippen molar-refractivity contribution in [3.8, 4) is 0 Å². The van der Waals surface area contributed by atoms with E-state index in [0.717, 1.165) is 12.8 Å². The maximum atomic E-state index is 13.5. The molecule has 2 N–H and O–H groups in total. The second-order valence-electron chi connectivity index (χ2n) is 4.23. The van der Waals surface area contributed by atoms with Crippen molar-refractivity contribution in [1.29, 1.82) is 0 Å². The fourth-order valence-corrected chi connectivity index (χ4v) is 2.28. The molecule has 0 aliphatic rings. The molecule has 3 nitrogen and oxygen atoms in total. The van der Waals surface area contributed by atoms with Crippen molar-refractivity contribution in [2.75, 3.05) is 5.73 Å². The van der Waals surface area contributed by atoms with E-state index in [0.29, 0.717) is 17.0 Å². The van der Waals surface area contributed by atoms with E-state index >= 15 is 0 Å². The fraction of sp³-hybridized carbons (Fsp3) is 0.417. The molecule has 1 aromatic carbocycles. The number of hydrogen-bond acceptors (Lipinski definition) is 2. The number of hydrogen-bond donors (Lipinski definition) is 1. The minimum atomic E-state index is -0.441. The van der Waals surface area contributed by atoms with E-state index in [1.807, 2.05) is 11.5 Å². The summed E-state index contributed by atoms with van der Waals surface area (Å²) in [7, 11) is 0. The summed E-state index contributed by atoms with van der Waals surface area (Å²) in [5.41, 5.74) is 7.21. The predicted molar refractivity (Wildman–Crippen MR) is 68.7 cm³/mol. The average Bonchev–Trinajstić information content (AvgIpc) is 2.55. The first-order valence-electron chi connectivity index (χ1n) is 5.67. The molecule has 0 aliphatic carbocycles. The number of nitrogens with two attached hydrogens (primary N) is 1. The lowest BCUT2D eigenvalue weighted by molar-refractivity contribution is 0.517. The molecule has 0 spiro atoms. The number of imidazole rings is 1. The fourth-order valence-electron chi connectivity index (χ4n) is 2.12. The van der Waals surface area contributed by atoms with Gasteiger partial charge in [0.15, 0.2) is 0 Å². The van der Waals surface area contributed by atoms with Crippen LogP contribution in [0, 0.1) is 5.82 Å². The van der Waals surface area contributed by atoms with E-state index in [4.69, 9.17) is 17.3 Å². The highest BCUT2D eigenvalue weighted by molar-refractivity contribution is 6.31. The number of nitrogen functional groups attached to an aromatic ring is 1. The van der Waals surface area contributed by atoms with Gasteiger partial charge in [0, 0.05) is 12.1 Å². The standard InChI is InChI=1S/C12H15ClFN3/c1-3-4-7(2)17-11-6-9(14)8(13)5-10(11)16-12(17)15/h5-7H,3-4H2,1-2H3,(H2,15,16). The van der Waals surface area contributed by atoms with Gasteiger partial charge in [0.2, 0.25) is 5.95 Å². The van der Waals surface area contributed by atoms with Crippen LogP contribution >= 0.6 is 11.6 Å². The van der Waals surface area contributed by atoms with Gasteiger partial charge in [-0.05, 0) is 19.4 Å². The van der Waals surface area contributed by atoms with Crippen molar-refractivity contribution in [1.82, 2.24) is 9.55 Å². The van der Waals surface area contributed by atoms with E-state index in [1.54, 1.807) is 0 Å². The van der Waals surface area contributed by atoms with Crippen molar-refractivity contribution >= 4 is 28.6 Å². The van der Waals surface area contributed by atoms with E-state index < -0.39 is 5.82 Å². The molecule has 0 saturated heterocycles. The third-order valence-corrected chi connectivity index (χ3v) is 3.20. The molecule has 0 fully saturated rings. The van der Waals surface area contributed by atoms with Crippen molar-refractivity contribution in [2.45, 2.75) is 32.7 Å². The molecule has 1 aromatic heterocycles. The Hall–Kier alpha value is -1.29. The zero-order valence-electron chi connectivity index (χ0n) is 9.87. The van der Waals surface area contributed by atoms with Gasteiger partial charge in [0.25, 0.3) is 0 Å². The maximum Gasteiger partial charge on any atom is 0.201 e. The summed E-state index contributed by atoms with van der Waals surface area (Å²) in [5.74, 6) is -0.0355. The first-order valence-corrected chi connectivity index (χ1v) is 6.04. The Bertz CT molecular complexity index is 550. The number of nitrogens with zero attached hydrogens (tertiary/aromatic N) is 2. The van der Waals surface area contributed by atoms with Gasteiger partial charge in [0.05, 0.1) is 16.1 Å². The second kappa shape index (κ2) is 4.53. The molecule has 1 atom stereocenters. The molecule has 0 aliphatic heterocycles. The highest BCUT2D eigenvalue weighted by atomic mass is 35.5. The van der Waals surface area contributed by atoms with Gasteiger partial charge in [-0.3, -0.25) is 0 Å². The van der Waals surface area contributed by atoms with Crippen LogP contribution in [0.5, 0.6) is 0 Å². The summed E-state index contributed by atoms with van der Waals surface area (Å²) in [5, 5.41) is 0.0743. The molecule has 2 aromatic rings. The molecule has 0 bridgehead atoms. The lowest BCUT2D eigenvalue weighted by Gasteiger charge is -2.14. The van der Waals surface area contributed by atoms with Crippen LogP contribution in [-0.2, 0) is 0 Å². The van der Waals surface area contributed by atoms with Gasteiger partial charge in [0.1, 0.15) is 5.82 Å². The number of rotatable bonds is 3. The topological polar surface area (TPSA) is 43.8 Å². The molecular formula is C12H15ClFN3. The summed E-state index contributed by atoms with van der Waals surface area (Å²) in [4.78, 5) is 4.21. The van der Waals surface area contributed by atoms with E-state index in [9.17, 15) is 4.39 Å². The Morgan fingerprint density at radius 3 is 2.88 bits per heavy atom. The number of benzene rings is 1. The Balaban J connectivity index is 2.62. The summed E-state index contributed by atoms with van der Waals surface area (Å²) in [6.07, 6.45) is 2.01. The molecule has 17 heavy (non-hydrogen) atoms. The summed E-state index contributed by atoms with van der Waals surface area (Å²) in [6.45, 7) is 4.15. The lowest BCUT2D eigenvalue weighted by atomic mass is 10.2. The van der Waals surface area contributed by atoms with E-state index in [2.05, 4.69) is 11.9 Å². The largest absolute Gasteiger partial charge is 0.369 e. The average molecular weight is 256 g/mol. The Morgan fingerprint density at radius 2 is 2.24 bits per heavy atom. The lowest BCUT2D eigenvalue weighted by Crippen LogP contribution is -2.08. The Kier molecular flexibility index (Phi) is 3.24. The third-order valence-electron chi connectivity index (χ3n) is 2.91. The number of halogens is 2. The van der Waals surface area contributed by atoms with Crippen LogP contribution < -0.4 is 5.73 Å². The van der Waals surface area contributed by atoms with Crippen LogP contribution in [0.4, 0.5) is 10.3 Å². The molecule has 0 saturated carbocycles. The maximum absolute atomic E-state index is 13.5. The van der Waals surface area contributed by atoms with Gasteiger partial charge in [-0.2, -0.15) is 0 Å². The Labute approximate surface area is 104 Å². The first kappa shape index (κ1) is 12.2. The zero-order valence-corrected chi connectivity index (χ0v) is 10.6. The monoisotopic (exact) mass is 255 g/mol. The minimum absolute atomic E-state index is 0.0743. The molecule has 2 rings (SSSR count). The molecule has 0 amide bonds. The second-order valence-corrected chi connectivity index (χ2v) is 4.64. The molecule has 1 unspecified atom stereocenters. The van der Waals surface area contributed by atoms with Gasteiger partial charge < -0.3 is 10.3 Å². The van der Waals surface area contributed by atoms with Crippen LogP contribution in [0.25, 0.3) is 11.0 Å². The minimum Gasteiger partial charge on any atom is -0.369 e. The summed E-state index contributed by atoms with van der Waals surface area (Å²) < 4.78 is 15.3. The molecular weight excluding hydrogens is 241 g/mol. The highest BCUT2D eigenvalue weighted by Gasteiger charge is 2.15. The van der Waals surface area contributed by atoms with Crippen LogP contribution in [-0.4, -0.2) is 9.55 Å². The van der Waals surface area contributed by atoms with Crippen LogP contribution in [0.15, 0.2) is 12.1 Å². The normalized spacial score (nSPS) is 13.2. The first-order chi connectivity index (χ1) is 8.04. The molecule has 5 heteroatoms. The predicted octanol–water partition coefficient (Wildman–Crippen LogP) is 3.77. The van der Waals surface area contributed by atoms with Crippen LogP contribution in [0.3, 0.4) is 0 Å². The van der Waals surface area contributed by atoms with Crippen molar-refractivity contribution < 1.29 is 4.39 Å². The van der Waals surface area contributed by atoms with Crippen LogP contribution in [0.1, 0.15) is 32.7 Å². The van der Waals surface area contributed by atoms with E-state index in [1.165, 1.54) is 12.1 Å². The SMILES string of the molecule is CCCC(C)n1c(N)nc2cc(Cl)c(F)cc21. The highest BCUT2D eigenvalue weighted by Crippen LogP contribution is 2.28. The van der Waals surface area contributed by atoms with Crippen molar-refractivity contribution in [3.05, 3.63) is 23.0 Å². The number of anilines is 1.